The van der Waals surface area contributed by atoms with Crippen molar-refractivity contribution in [2.75, 3.05) is 0 Å². The van der Waals surface area contributed by atoms with Gasteiger partial charge in [-0.2, -0.15) is 0 Å². The molecule has 0 N–H and O–H groups in total. The van der Waals surface area contributed by atoms with Gasteiger partial charge < -0.3 is 0 Å². The van der Waals surface area contributed by atoms with Crippen molar-refractivity contribution in [2.45, 2.75) is 61.3 Å². The molecular weight excluding hydrogens is 252 g/mol. The number of rotatable bonds is 2. The van der Waals surface area contributed by atoms with Crippen LogP contribution < -0.4 is 0 Å². The first-order chi connectivity index (χ1) is 9.87. The molecule has 2 aromatic rings. The lowest BCUT2D eigenvalue weighted by atomic mass is 9.98. The van der Waals surface area contributed by atoms with Gasteiger partial charge in [0, 0.05) is 0 Å². The maximum atomic E-state index is 2.26. The van der Waals surface area contributed by atoms with Crippen LogP contribution in [0.4, 0.5) is 0 Å². The zero-order valence-electron chi connectivity index (χ0n) is 14.8. The van der Waals surface area contributed by atoms with Crippen molar-refractivity contribution in [3.8, 4) is 0 Å². The second-order valence-corrected chi connectivity index (χ2v) is 6.08. The molecule has 0 amide bonds. The zero-order chi connectivity index (χ0) is 16.0. The van der Waals surface area contributed by atoms with Gasteiger partial charge in [0.15, 0.2) is 0 Å². The van der Waals surface area contributed by atoms with Gasteiger partial charge in [-0.1, -0.05) is 60.9 Å². The average molecular weight is 282 g/mol. The number of aryl methyl sites for hydroxylation is 6. The van der Waals surface area contributed by atoms with Crippen molar-refractivity contribution < 1.29 is 0 Å². The molecule has 0 bridgehead atoms. The van der Waals surface area contributed by atoms with Crippen LogP contribution in [0.25, 0.3) is 0 Å². The molecule has 0 heterocycles. The Labute approximate surface area is 131 Å². The molecule has 0 unspecified atom stereocenters. The second kappa shape index (κ2) is 8.02. The van der Waals surface area contributed by atoms with E-state index in [2.05, 4.69) is 78.8 Å². The van der Waals surface area contributed by atoms with E-state index in [0.29, 0.717) is 0 Å². The van der Waals surface area contributed by atoms with Crippen LogP contribution in [0.15, 0.2) is 30.3 Å². The number of hydrogen-bond acceptors (Lipinski definition) is 0. The fourth-order valence-electron chi connectivity index (χ4n) is 3.04. The summed E-state index contributed by atoms with van der Waals surface area (Å²) < 4.78 is 0. The normalized spacial score (nSPS) is 10.0. The van der Waals surface area contributed by atoms with E-state index in [9.17, 15) is 0 Å². The first-order valence-electron chi connectivity index (χ1n) is 8.01. The van der Waals surface area contributed by atoms with Gasteiger partial charge in [-0.15, -0.1) is 0 Å². The number of benzene rings is 2. The third-order valence-electron chi connectivity index (χ3n) is 3.88. The summed E-state index contributed by atoms with van der Waals surface area (Å²) in [6.07, 6.45) is 2.29. The molecule has 0 fully saturated rings. The van der Waals surface area contributed by atoms with E-state index in [4.69, 9.17) is 0 Å². The third kappa shape index (κ3) is 5.38. The Hall–Kier alpha value is -1.56. The molecule has 114 valence electrons. The van der Waals surface area contributed by atoms with Gasteiger partial charge in [-0.05, 0) is 69.7 Å². The van der Waals surface area contributed by atoms with Gasteiger partial charge in [0.1, 0.15) is 0 Å². The van der Waals surface area contributed by atoms with Crippen LogP contribution in [0.2, 0.25) is 0 Å². The van der Waals surface area contributed by atoms with Crippen LogP contribution in [-0.4, -0.2) is 0 Å². The summed E-state index contributed by atoms with van der Waals surface area (Å²) in [6.45, 7) is 15.2. The predicted octanol–water partition coefficient (Wildman–Crippen LogP) is 6.04. The van der Waals surface area contributed by atoms with Gasteiger partial charge in [0.2, 0.25) is 0 Å². The van der Waals surface area contributed by atoms with Crippen molar-refractivity contribution in [1.82, 2.24) is 0 Å². The highest BCUT2D eigenvalue weighted by atomic mass is 14.0. The van der Waals surface area contributed by atoms with Crippen molar-refractivity contribution in [2.24, 2.45) is 0 Å². The maximum absolute atomic E-state index is 2.26. The molecule has 0 aliphatic heterocycles. The van der Waals surface area contributed by atoms with Crippen LogP contribution >= 0.6 is 0 Å². The molecule has 21 heavy (non-hydrogen) atoms. The molecule has 0 saturated carbocycles. The minimum atomic E-state index is 1.14. The van der Waals surface area contributed by atoms with Crippen molar-refractivity contribution in [1.29, 1.82) is 0 Å². The van der Waals surface area contributed by atoms with Gasteiger partial charge in [-0.3, -0.25) is 0 Å². The van der Waals surface area contributed by atoms with E-state index >= 15 is 0 Å². The molecule has 0 atom stereocenters. The van der Waals surface area contributed by atoms with Crippen LogP contribution in [-0.2, 0) is 12.8 Å². The second-order valence-electron chi connectivity index (χ2n) is 6.08. The Kier molecular flexibility index (Phi) is 6.68. The topological polar surface area (TPSA) is 0 Å². The van der Waals surface area contributed by atoms with E-state index < -0.39 is 0 Å². The van der Waals surface area contributed by atoms with Gasteiger partial charge in [-0.25, -0.2) is 0 Å². The molecule has 0 spiro atoms. The summed E-state index contributed by atoms with van der Waals surface area (Å²) in [6, 6.07) is 11.2. The molecule has 2 rings (SSSR count). The summed E-state index contributed by atoms with van der Waals surface area (Å²) >= 11 is 0. The molecule has 0 saturated heterocycles. The molecule has 2 aromatic carbocycles. The molecule has 0 radical (unpaired) electrons. The maximum Gasteiger partial charge on any atom is -0.0302 e. The Morgan fingerprint density at radius 3 is 1.38 bits per heavy atom. The van der Waals surface area contributed by atoms with E-state index in [1.165, 1.54) is 38.9 Å². The summed E-state index contributed by atoms with van der Waals surface area (Å²) in [5.41, 5.74) is 9.94. The zero-order valence-corrected chi connectivity index (χ0v) is 14.8. The van der Waals surface area contributed by atoms with E-state index in [1.807, 2.05) is 0 Å². The molecular formula is C21H30. The smallest absolute Gasteiger partial charge is 0.0302 e. The van der Waals surface area contributed by atoms with E-state index in [0.717, 1.165) is 12.8 Å². The van der Waals surface area contributed by atoms with Crippen LogP contribution in [0, 0.1) is 34.6 Å². The minimum Gasteiger partial charge on any atom is -0.0613 e. The first-order valence-corrected chi connectivity index (χ1v) is 8.01. The Morgan fingerprint density at radius 1 is 0.571 bits per heavy atom. The van der Waals surface area contributed by atoms with Crippen molar-refractivity contribution >= 4 is 0 Å². The molecule has 0 nitrogen and oxygen atoms in total. The van der Waals surface area contributed by atoms with Gasteiger partial charge >= 0.3 is 0 Å². The van der Waals surface area contributed by atoms with Crippen LogP contribution in [0.5, 0.6) is 0 Å². The largest absolute Gasteiger partial charge is 0.0613 e. The molecule has 0 aliphatic rings. The fraction of sp³-hybridized carbons (Fsp3) is 0.429. The Bertz CT molecular complexity index is 548. The summed E-state index contributed by atoms with van der Waals surface area (Å²) in [7, 11) is 0. The minimum absolute atomic E-state index is 1.14. The molecule has 0 aliphatic carbocycles. The molecule has 0 heteroatoms. The lowest BCUT2D eigenvalue weighted by Gasteiger charge is -2.08. The van der Waals surface area contributed by atoms with Crippen LogP contribution in [0.3, 0.4) is 0 Å². The quantitative estimate of drug-likeness (QED) is 0.630. The number of hydrogen-bond donors (Lipinski definition) is 0. The first kappa shape index (κ1) is 17.5. The van der Waals surface area contributed by atoms with Gasteiger partial charge in [0.05, 0.1) is 0 Å². The summed E-state index contributed by atoms with van der Waals surface area (Å²) in [4.78, 5) is 0. The van der Waals surface area contributed by atoms with E-state index in [-0.39, 0.29) is 0 Å². The van der Waals surface area contributed by atoms with Gasteiger partial charge in [0.25, 0.3) is 0 Å². The predicted molar refractivity (Wildman–Crippen MR) is 95.3 cm³/mol. The summed E-state index contributed by atoms with van der Waals surface area (Å²) in [5, 5.41) is 0. The summed E-state index contributed by atoms with van der Waals surface area (Å²) in [5.74, 6) is 0. The van der Waals surface area contributed by atoms with Crippen molar-refractivity contribution in [3.63, 3.8) is 0 Å². The SMILES string of the molecule is CCc1c(C)cc(C)cc1C.CCc1cc(C)cc(C)c1. The average Bonchev–Trinajstić information content (AvgIpc) is 2.37. The van der Waals surface area contributed by atoms with E-state index in [1.54, 1.807) is 0 Å². The highest BCUT2D eigenvalue weighted by molar-refractivity contribution is 5.37. The monoisotopic (exact) mass is 282 g/mol. The Balaban J connectivity index is 0.000000211. The lowest BCUT2D eigenvalue weighted by molar-refractivity contribution is 1.07. The standard InChI is InChI=1S/C11H16.C10H14/c1-5-11-9(3)6-8(2)7-10(11)4;1-4-10-6-8(2)5-9(3)7-10/h6-7H,5H2,1-4H3;5-7H,4H2,1-3H3. The molecule has 0 aromatic heterocycles. The highest BCUT2D eigenvalue weighted by Crippen LogP contribution is 2.16. The highest BCUT2D eigenvalue weighted by Gasteiger charge is 1.99. The van der Waals surface area contributed by atoms with Crippen molar-refractivity contribution in [3.05, 3.63) is 69.3 Å². The lowest BCUT2D eigenvalue weighted by Crippen LogP contribution is -1.92. The Morgan fingerprint density at radius 2 is 1.00 bits per heavy atom. The van der Waals surface area contributed by atoms with Crippen LogP contribution in [0.1, 0.15) is 52.8 Å². The fourth-order valence-corrected chi connectivity index (χ4v) is 3.04. The third-order valence-corrected chi connectivity index (χ3v) is 3.88.